The van der Waals surface area contributed by atoms with Crippen LogP contribution in [0.4, 0.5) is 5.69 Å². The summed E-state index contributed by atoms with van der Waals surface area (Å²) in [7, 11) is -4.03. The fourth-order valence-corrected chi connectivity index (χ4v) is 7.03. The predicted octanol–water partition coefficient (Wildman–Crippen LogP) is 4.83. The van der Waals surface area contributed by atoms with Crippen LogP contribution in [-0.2, 0) is 16.4 Å². The van der Waals surface area contributed by atoms with Crippen LogP contribution in [0.3, 0.4) is 0 Å². The molecule has 8 nitrogen and oxygen atoms in total. The number of piperidine rings is 1. The number of benzene rings is 3. The van der Waals surface area contributed by atoms with Gasteiger partial charge in [0.1, 0.15) is 0 Å². The Kier molecular flexibility index (Phi) is 8.56. The molecular weight excluding hydrogens is 548 g/mol. The van der Waals surface area contributed by atoms with Crippen LogP contribution in [0, 0.1) is 0 Å². The van der Waals surface area contributed by atoms with Crippen molar-refractivity contribution in [2.24, 2.45) is 0 Å². The monoisotopic (exact) mass is 580 g/mol. The van der Waals surface area contributed by atoms with E-state index in [9.17, 15) is 18.0 Å². The lowest BCUT2D eigenvalue weighted by atomic mass is 10.0. The van der Waals surface area contributed by atoms with E-state index in [0.717, 1.165) is 25.1 Å². The number of hydrogen-bond acceptors (Lipinski definition) is 6. The third-order valence-electron chi connectivity index (χ3n) is 7.56. The van der Waals surface area contributed by atoms with Gasteiger partial charge >= 0.3 is 0 Å². The molecule has 0 bridgehead atoms. The van der Waals surface area contributed by atoms with E-state index < -0.39 is 15.7 Å². The Balaban J connectivity index is 1.40. The maximum Gasteiger partial charge on any atom is 0.274 e. The van der Waals surface area contributed by atoms with E-state index in [1.807, 2.05) is 12.1 Å². The molecule has 0 radical (unpaired) electrons. The van der Waals surface area contributed by atoms with Crippen LogP contribution in [0.25, 0.3) is 0 Å². The van der Waals surface area contributed by atoms with Crippen LogP contribution in [0.2, 0.25) is 5.02 Å². The fraction of sp³-hybridized carbons (Fsp3) is 0.333. The van der Waals surface area contributed by atoms with E-state index in [1.165, 1.54) is 54.6 Å². The minimum absolute atomic E-state index is 0.0509. The highest BCUT2D eigenvalue weighted by Gasteiger charge is 2.36. The number of carbonyl (C=O) groups excluding carboxylic acids is 2. The van der Waals surface area contributed by atoms with Crippen molar-refractivity contribution < 1.29 is 18.0 Å². The average Bonchev–Trinajstić information content (AvgIpc) is 3.03. The molecule has 40 heavy (non-hydrogen) atoms. The smallest absolute Gasteiger partial charge is 0.274 e. The van der Waals surface area contributed by atoms with Crippen LogP contribution in [-0.4, -0.2) is 50.8 Å². The molecule has 3 aromatic carbocycles. The molecule has 2 aliphatic rings. The Morgan fingerprint density at radius 2 is 1.80 bits per heavy atom. The molecule has 2 N–H and O–H groups in total. The number of rotatable bonds is 8. The number of sulfone groups is 1. The van der Waals surface area contributed by atoms with E-state index in [0.29, 0.717) is 17.6 Å². The Labute approximate surface area is 240 Å². The minimum Gasteiger partial charge on any atom is -0.352 e. The molecule has 1 fully saturated rings. The molecule has 0 aromatic heterocycles. The van der Waals surface area contributed by atoms with Gasteiger partial charge in [-0.05, 0) is 80.8 Å². The van der Waals surface area contributed by atoms with E-state index in [2.05, 4.69) is 22.6 Å². The highest BCUT2D eigenvalue weighted by Crippen LogP contribution is 2.36. The zero-order valence-electron chi connectivity index (χ0n) is 22.4. The molecular formula is C30H33ClN4O4S. The van der Waals surface area contributed by atoms with Crippen molar-refractivity contribution >= 4 is 38.9 Å². The Bertz CT molecular complexity index is 1510. The average molecular weight is 581 g/mol. The van der Waals surface area contributed by atoms with Gasteiger partial charge in [0, 0.05) is 36.3 Å². The number of anilines is 1. The molecule has 1 unspecified atom stereocenters. The highest BCUT2D eigenvalue weighted by molar-refractivity contribution is 7.91. The summed E-state index contributed by atoms with van der Waals surface area (Å²) >= 11 is 6.01. The van der Waals surface area contributed by atoms with Crippen molar-refractivity contribution in [1.29, 1.82) is 0 Å². The van der Waals surface area contributed by atoms with Crippen LogP contribution >= 0.6 is 11.6 Å². The molecule has 2 heterocycles. The molecule has 0 aliphatic carbocycles. The van der Waals surface area contributed by atoms with Crippen molar-refractivity contribution in [2.75, 3.05) is 24.6 Å². The Morgan fingerprint density at radius 1 is 1.02 bits per heavy atom. The van der Waals surface area contributed by atoms with Crippen molar-refractivity contribution in [3.05, 3.63) is 88.4 Å². The van der Waals surface area contributed by atoms with Gasteiger partial charge in [-0.15, -0.1) is 0 Å². The molecule has 1 saturated heterocycles. The standard InChI is InChI=1S/C30H33ClN4O4S/c1-21-7-4-5-17-34(21)18-6-16-32-29(36)23-12-15-28-26(19-23)35(33-20-22-10-13-24(31)14-11-22)30(37)25-8-2-3-9-27(25)40(28,38)39/h2-3,8-15,19,21,33H,4-7,16-18,20H2,1H3,(H,32,36). The number of halogens is 1. The largest absolute Gasteiger partial charge is 0.352 e. The van der Waals surface area contributed by atoms with Gasteiger partial charge in [-0.2, -0.15) is 0 Å². The number of amides is 2. The number of fused-ring (bicyclic) bond motifs is 2. The van der Waals surface area contributed by atoms with Crippen LogP contribution in [0.5, 0.6) is 0 Å². The van der Waals surface area contributed by atoms with Gasteiger partial charge in [-0.1, -0.05) is 42.3 Å². The zero-order chi connectivity index (χ0) is 28.3. The lowest BCUT2D eigenvalue weighted by Gasteiger charge is -2.33. The third-order valence-corrected chi connectivity index (χ3v) is 9.68. The number of carbonyl (C=O) groups is 2. The SMILES string of the molecule is CC1CCCCN1CCCNC(=O)c1ccc2c(c1)N(NCc1ccc(Cl)cc1)C(=O)c1ccccc1S2(=O)=O. The van der Waals surface area contributed by atoms with Gasteiger partial charge in [-0.25, -0.2) is 18.9 Å². The van der Waals surface area contributed by atoms with E-state index in [1.54, 1.807) is 24.3 Å². The summed E-state index contributed by atoms with van der Waals surface area (Å²) in [5, 5.41) is 4.76. The molecule has 0 saturated carbocycles. The number of hydrazine groups is 1. The number of nitrogens with zero attached hydrogens (tertiary/aromatic N) is 2. The summed E-state index contributed by atoms with van der Waals surface area (Å²) in [6, 6.07) is 18.2. The topological polar surface area (TPSA) is 98.8 Å². The quantitative estimate of drug-likeness (QED) is 0.370. The summed E-state index contributed by atoms with van der Waals surface area (Å²) in [5.41, 5.74) is 4.36. The first-order chi connectivity index (χ1) is 19.3. The van der Waals surface area contributed by atoms with Crippen LogP contribution in [0.1, 0.15) is 58.9 Å². The molecule has 3 aromatic rings. The Morgan fingerprint density at radius 3 is 2.58 bits per heavy atom. The lowest BCUT2D eigenvalue weighted by Crippen LogP contribution is -2.43. The second-order valence-electron chi connectivity index (χ2n) is 10.3. The Hall–Kier alpha value is -3.24. The summed E-state index contributed by atoms with van der Waals surface area (Å²) in [6.07, 6.45) is 4.50. The maximum atomic E-state index is 13.7. The predicted molar refractivity (Wildman–Crippen MR) is 155 cm³/mol. The van der Waals surface area contributed by atoms with Gasteiger partial charge in [0.2, 0.25) is 9.84 Å². The minimum atomic E-state index is -4.03. The maximum absolute atomic E-state index is 13.7. The number of likely N-dealkylation sites (tertiary alicyclic amines) is 1. The third kappa shape index (κ3) is 5.93. The molecule has 210 valence electrons. The zero-order valence-corrected chi connectivity index (χ0v) is 24.0. The van der Waals surface area contributed by atoms with Crippen molar-refractivity contribution in [3.8, 4) is 0 Å². The molecule has 1 atom stereocenters. The molecule has 2 amide bonds. The normalized spacial score (nSPS) is 18.5. The first-order valence-corrected chi connectivity index (χ1v) is 15.4. The van der Waals surface area contributed by atoms with E-state index in [-0.39, 0.29) is 39.1 Å². The number of nitrogens with one attached hydrogen (secondary N) is 2. The summed E-state index contributed by atoms with van der Waals surface area (Å²) in [6.45, 7) is 4.98. The highest BCUT2D eigenvalue weighted by atomic mass is 35.5. The van der Waals surface area contributed by atoms with Gasteiger partial charge in [-0.3, -0.25) is 9.59 Å². The van der Waals surface area contributed by atoms with E-state index in [4.69, 9.17) is 11.6 Å². The number of hydrogen-bond donors (Lipinski definition) is 2. The van der Waals surface area contributed by atoms with Gasteiger partial charge in [0.15, 0.2) is 0 Å². The molecule has 2 aliphatic heterocycles. The van der Waals surface area contributed by atoms with Gasteiger partial charge in [0.05, 0.1) is 21.0 Å². The van der Waals surface area contributed by atoms with Crippen LogP contribution < -0.4 is 15.8 Å². The van der Waals surface area contributed by atoms with Crippen molar-refractivity contribution in [2.45, 2.75) is 55.0 Å². The molecule has 5 rings (SSSR count). The van der Waals surface area contributed by atoms with Crippen LogP contribution in [0.15, 0.2) is 76.5 Å². The fourth-order valence-electron chi connectivity index (χ4n) is 5.29. The summed E-state index contributed by atoms with van der Waals surface area (Å²) in [5.74, 6) is -0.848. The second-order valence-corrected chi connectivity index (χ2v) is 12.6. The van der Waals surface area contributed by atoms with Crippen molar-refractivity contribution in [3.63, 3.8) is 0 Å². The first-order valence-electron chi connectivity index (χ1n) is 13.6. The van der Waals surface area contributed by atoms with Gasteiger partial charge in [0.25, 0.3) is 11.8 Å². The summed E-state index contributed by atoms with van der Waals surface area (Å²) in [4.78, 5) is 29.1. The summed E-state index contributed by atoms with van der Waals surface area (Å²) < 4.78 is 27.3. The second kappa shape index (κ2) is 12.1. The van der Waals surface area contributed by atoms with E-state index >= 15 is 0 Å². The van der Waals surface area contributed by atoms with Gasteiger partial charge < -0.3 is 10.2 Å². The molecule has 10 heteroatoms. The lowest BCUT2D eigenvalue weighted by molar-refractivity contribution is 0.0944. The molecule has 0 spiro atoms. The first kappa shape index (κ1) is 28.3. The van der Waals surface area contributed by atoms with Crippen molar-refractivity contribution in [1.82, 2.24) is 15.6 Å².